The van der Waals surface area contributed by atoms with Gasteiger partial charge in [0.25, 0.3) is 0 Å². The molecule has 178 valence electrons. The predicted octanol–water partition coefficient (Wildman–Crippen LogP) is 9.26. The molecule has 0 aliphatic carbocycles. The second-order valence-corrected chi connectivity index (χ2v) is 9.70. The summed E-state index contributed by atoms with van der Waals surface area (Å²) in [6.07, 6.45) is 33.8. The minimum absolute atomic E-state index is 0.635. The molecule has 1 atom stereocenters. The second-order valence-electron chi connectivity index (χ2n) is 9.70. The van der Waals surface area contributed by atoms with E-state index >= 15 is 0 Å². The zero-order valence-corrected chi connectivity index (χ0v) is 21.2. The first-order valence-electron chi connectivity index (χ1n) is 14.0. The molecule has 0 radical (unpaired) electrons. The van der Waals surface area contributed by atoms with Crippen molar-refractivity contribution in [3.05, 3.63) is 12.4 Å². The van der Waals surface area contributed by atoms with E-state index in [-0.39, 0.29) is 0 Å². The van der Waals surface area contributed by atoms with Crippen molar-refractivity contribution in [1.82, 2.24) is 9.80 Å². The molecule has 2 nitrogen and oxygen atoms in total. The van der Waals surface area contributed by atoms with Crippen LogP contribution in [0.5, 0.6) is 0 Å². The van der Waals surface area contributed by atoms with Crippen molar-refractivity contribution in [3.8, 4) is 0 Å². The first-order valence-corrected chi connectivity index (χ1v) is 14.0. The lowest BCUT2D eigenvalue weighted by Crippen LogP contribution is -2.39. The fourth-order valence-corrected chi connectivity index (χ4v) is 4.87. The molecule has 1 aliphatic heterocycles. The molecule has 1 unspecified atom stereocenters. The number of hydrogen-bond donors (Lipinski definition) is 0. The Morgan fingerprint density at radius 1 is 0.433 bits per heavy atom. The predicted molar refractivity (Wildman–Crippen MR) is 136 cm³/mol. The van der Waals surface area contributed by atoms with Crippen LogP contribution in [0.4, 0.5) is 0 Å². The topological polar surface area (TPSA) is 6.48 Å². The highest BCUT2D eigenvalue weighted by molar-refractivity contribution is 4.96. The first kappa shape index (κ1) is 27.4. The Morgan fingerprint density at radius 2 is 0.833 bits per heavy atom. The molecule has 0 amide bonds. The van der Waals surface area contributed by atoms with E-state index < -0.39 is 0 Å². The average molecular weight is 421 g/mol. The third kappa shape index (κ3) is 13.6. The van der Waals surface area contributed by atoms with E-state index in [1.165, 1.54) is 142 Å². The van der Waals surface area contributed by atoms with Gasteiger partial charge in [-0.2, -0.15) is 0 Å². The summed E-state index contributed by atoms with van der Waals surface area (Å²) >= 11 is 0. The van der Waals surface area contributed by atoms with E-state index in [1.54, 1.807) is 0 Å². The van der Waals surface area contributed by atoms with Gasteiger partial charge in [0, 0.05) is 25.5 Å². The third-order valence-electron chi connectivity index (χ3n) is 6.76. The highest BCUT2D eigenvalue weighted by atomic mass is 15.4. The smallest absolute Gasteiger partial charge is 0.101 e. The van der Waals surface area contributed by atoms with E-state index in [1.807, 2.05) is 0 Å². The van der Waals surface area contributed by atoms with Gasteiger partial charge in [-0.3, -0.25) is 0 Å². The molecule has 1 aliphatic rings. The summed E-state index contributed by atoms with van der Waals surface area (Å²) in [6.45, 7) is 9.36. The quantitative estimate of drug-likeness (QED) is 0.161. The van der Waals surface area contributed by atoms with Crippen LogP contribution >= 0.6 is 0 Å². The van der Waals surface area contributed by atoms with Crippen molar-refractivity contribution < 1.29 is 0 Å². The number of nitrogens with zero attached hydrogens (tertiary/aromatic N) is 2. The lowest BCUT2D eigenvalue weighted by atomic mass is 10.0. The highest BCUT2D eigenvalue weighted by Crippen LogP contribution is 2.21. The minimum atomic E-state index is 0.635. The van der Waals surface area contributed by atoms with Gasteiger partial charge in [0.1, 0.15) is 6.17 Å². The zero-order valence-electron chi connectivity index (χ0n) is 21.2. The van der Waals surface area contributed by atoms with Crippen molar-refractivity contribution in [2.75, 3.05) is 13.1 Å². The second kappa shape index (κ2) is 20.3. The fraction of sp³-hybridized carbons (Fsp3) is 0.929. The summed E-state index contributed by atoms with van der Waals surface area (Å²) in [5.74, 6) is 0. The van der Waals surface area contributed by atoms with Crippen LogP contribution in [-0.4, -0.2) is 29.1 Å². The van der Waals surface area contributed by atoms with Gasteiger partial charge in [-0.05, 0) is 19.3 Å². The third-order valence-corrected chi connectivity index (χ3v) is 6.76. The van der Waals surface area contributed by atoms with Gasteiger partial charge in [0.2, 0.25) is 0 Å². The summed E-state index contributed by atoms with van der Waals surface area (Å²) < 4.78 is 0. The Hall–Kier alpha value is -0.660. The van der Waals surface area contributed by atoms with Crippen LogP contribution in [0.1, 0.15) is 149 Å². The molecule has 0 aromatic heterocycles. The van der Waals surface area contributed by atoms with Crippen molar-refractivity contribution in [1.29, 1.82) is 0 Å². The fourth-order valence-electron chi connectivity index (χ4n) is 4.87. The van der Waals surface area contributed by atoms with Crippen molar-refractivity contribution in [3.63, 3.8) is 0 Å². The summed E-state index contributed by atoms with van der Waals surface area (Å²) in [4.78, 5) is 5.15. The summed E-state index contributed by atoms with van der Waals surface area (Å²) in [5.41, 5.74) is 0. The number of rotatable bonds is 22. The van der Waals surface area contributed by atoms with Gasteiger partial charge < -0.3 is 9.80 Å². The molecule has 1 heterocycles. The van der Waals surface area contributed by atoms with Crippen LogP contribution < -0.4 is 0 Å². The van der Waals surface area contributed by atoms with Crippen LogP contribution in [0.2, 0.25) is 0 Å². The highest BCUT2D eigenvalue weighted by Gasteiger charge is 2.23. The van der Waals surface area contributed by atoms with E-state index in [9.17, 15) is 0 Å². The largest absolute Gasteiger partial charge is 0.356 e. The van der Waals surface area contributed by atoms with E-state index in [0.29, 0.717) is 6.17 Å². The molecule has 30 heavy (non-hydrogen) atoms. The summed E-state index contributed by atoms with van der Waals surface area (Å²) in [5, 5.41) is 0. The summed E-state index contributed by atoms with van der Waals surface area (Å²) in [7, 11) is 0. The maximum atomic E-state index is 2.60. The maximum absolute atomic E-state index is 2.60. The van der Waals surface area contributed by atoms with Gasteiger partial charge in [0.05, 0.1) is 0 Å². The molecular weight excluding hydrogens is 364 g/mol. The van der Waals surface area contributed by atoms with Gasteiger partial charge in [-0.25, -0.2) is 0 Å². The Kier molecular flexibility index (Phi) is 18.5. The molecule has 0 spiro atoms. The van der Waals surface area contributed by atoms with Gasteiger partial charge in [-0.15, -0.1) is 0 Å². The molecule has 0 fully saturated rings. The number of hydrogen-bond acceptors (Lipinski definition) is 2. The van der Waals surface area contributed by atoms with Crippen LogP contribution in [0.25, 0.3) is 0 Å². The van der Waals surface area contributed by atoms with Crippen molar-refractivity contribution in [2.45, 2.75) is 155 Å². The van der Waals surface area contributed by atoms with Crippen LogP contribution in [0, 0.1) is 0 Å². The molecule has 0 aromatic rings. The first-order chi connectivity index (χ1) is 14.8. The van der Waals surface area contributed by atoms with Gasteiger partial charge in [-0.1, -0.05) is 130 Å². The Bertz CT molecular complexity index is 379. The minimum Gasteiger partial charge on any atom is -0.356 e. The van der Waals surface area contributed by atoms with Crippen LogP contribution in [0.3, 0.4) is 0 Å². The van der Waals surface area contributed by atoms with Crippen molar-refractivity contribution in [2.24, 2.45) is 0 Å². The van der Waals surface area contributed by atoms with E-state index in [0.717, 1.165) is 0 Å². The molecule has 0 bridgehead atoms. The monoisotopic (exact) mass is 420 g/mol. The molecule has 1 rings (SSSR count). The van der Waals surface area contributed by atoms with E-state index in [2.05, 4.69) is 43.0 Å². The molecule has 2 heteroatoms. The molecule has 0 saturated heterocycles. The molecule has 0 saturated carbocycles. The van der Waals surface area contributed by atoms with Crippen LogP contribution in [0.15, 0.2) is 12.4 Å². The molecule has 0 N–H and O–H groups in total. The maximum Gasteiger partial charge on any atom is 0.101 e. The summed E-state index contributed by atoms with van der Waals surface area (Å²) in [6, 6.07) is 0. The normalized spacial score (nSPS) is 16.2. The average Bonchev–Trinajstić information content (AvgIpc) is 3.12. The van der Waals surface area contributed by atoms with Gasteiger partial charge >= 0.3 is 0 Å². The van der Waals surface area contributed by atoms with Gasteiger partial charge in [0.15, 0.2) is 0 Å². The lowest BCUT2D eigenvalue weighted by Gasteiger charge is -2.32. The Morgan fingerprint density at radius 3 is 1.23 bits per heavy atom. The standard InChI is InChI=1S/C28H56N2/c1-4-7-8-9-10-11-12-13-14-15-16-17-18-19-20-21-22-25-30-27-26-29(24-6-3)28(30)23-5-2/h26-28H,4-25H2,1-3H3. The SMILES string of the molecule is CCCCCCCCCCCCCCCCCCCN1C=CN(CCC)C1CCC. The lowest BCUT2D eigenvalue weighted by molar-refractivity contribution is 0.140. The van der Waals surface area contributed by atoms with Crippen LogP contribution in [-0.2, 0) is 0 Å². The molecular formula is C28H56N2. The molecule has 0 aromatic carbocycles. The van der Waals surface area contributed by atoms with E-state index in [4.69, 9.17) is 0 Å². The zero-order chi connectivity index (χ0) is 21.7. The van der Waals surface area contributed by atoms with Crippen molar-refractivity contribution >= 4 is 0 Å². The Labute approximate surface area is 190 Å². The Balaban J connectivity index is 1.84. The number of unbranched alkanes of at least 4 members (excludes halogenated alkanes) is 16.